The molecule has 0 unspecified atom stereocenters. The SMILES string of the molecule is O=CN(O)C[C@@H](CC1CCCC1)C(=O)N1CCC[C@H]1C(=O)NC(=O)NCCCN1CCOCC1. The van der Waals surface area contributed by atoms with Gasteiger partial charge in [0.25, 0.3) is 5.91 Å². The Balaban J connectivity index is 1.47. The number of carbonyl (C=O) groups is 4. The first-order valence-corrected chi connectivity index (χ1v) is 12.6. The van der Waals surface area contributed by atoms with Crippen LogP contribution in [0.15, 0.2) is 0 Å². The number of morpholine rings is 1. The summed E-state index contributed by atoms with van der Waals surface area (Å²) in [6, 6.07) is -1.28. The van der Waals surface area contributed by atoms with Crippen LogP contribution in [0.3, 0.4) is 0 Å². The number of ether oxygens (including phenoxy) is 1. The minimum atomic E-state index is -0.721. The van der Waals surface area contributed by atoms with Crippen LogP contribution in [0.1, 0.15) is 51.4 Å². The Morgan fingerprint density at radius 2 is 1.82 bits per heavy atom. The van der Waals surface area contributed by atoms with Crippen molar-refractivity contribution in [3.63, 3.8) is 0 Å². The second-order valence-electron chi connectivity index (χ2n) is 9.55. The quantitative estimate of drug-likeness (QED) is 0.170. The molecule has 0 aromatic heterocycles. The third-order valence-corrected chi connectivity index (χ3v) is 7.09. The zero-order chi connectivity index (χ0) is 24.3. The van der Waals surface area contributed by atoms with Crippen molar-refractivity contribution in [3.05, 3.63) is 0 Å². The average molecular weight is 482 g/mol. The highest BCUT2D eigenvalue weighted by Gasteiger charge is 2.39. The molecular formula is C23H39N5O6. The highest BCUT2D eigenvalue weighted by atomic mass is 16.5. The number of urea groups is 1. The van der Waals surface area contributed by atoms with Crippen molar-refractivity contribution >= 4 is 24.3 Å². The predicted octanol–water partition coefficient (Wildman–Crippen LogP) is 0.570. The standard InChI is InChI=1S/C23H39N5O6/c29-17-27(33)16-19(15-18-5-1-2-6-18)22(31)28-10-3-7-20(28)21(30)25-23(32)24-8-4-9-26-11-13-34-14-12-26/h17-20,33H,1-16H2,(H2,24,25,30,32)/t19-,20+/m1/s1. The maximum Gasteiger partial charge on any atom is 0.321 e. The molecule has 192 valence electrons. The van der Waals surface area contributed by atoms with Crippen LogP contribution >= 0.6 is 0 Å². The molecule has 2 heterocycles. The molecule has 0 aromatic rings. The van der Waals surface area contributed by atoms with Gasteiger partial charge >= 0.3 is 6.03 Å². The summed E-state index contributed by atoms with van der Waals surface area (Å²) in [6.07, 6.45) is 7.11. The summed E-state index contributed by atoms with van der Waals surface area (Å²) in [5.74, 6) is -0.920. The van der Waals surface area contributed by atoms with Crippen molar-refractivity contribution in [2.75, 3.05) is 52.5 Å². The zero-order valence-corrected chi connectivity index (χ0v) is 20.0. The van der Waals surface area contributed by atoms with Gasteiger partial charge in [-0.05, 0) is 38.1 Å². The number of nitrogens with one attached hydrogen (secondary N) is 2. The van der Waals surface area contributed by atoms with Crippen molar-refractivity contribution in [2.45, 2.75) is 57.4 Å². The van der Waals surface area contributed by atoms with E-state index in [2.05, 4.69) is 15.5 Å². The molecule has 1 saturated carbocycles. The maximum absolute atomic E-state index is 13.3. The van der Waals surface area contributed by atoms with Gasteiger partial charge in [-0.25, -0.2) is 9.86 Å². The molecule has 0 bridgehead atoms. The summed E-state index contributed by atoms with van der Waals surface area (Å²) in [5, 5.41) is 15.3. The fourth-order valence-corrected chi connectivity index (χ4v) is 5.28. The molecule has 3 aliphatic rings. The van der Waals surface area contributed by atoms with Crippen LogP contribution in [0.25, 0.3) is 0 Å². The lowest BCUT2D eigenvalue weighted by Gasteiger charge is -2.30. The number of hydrogen-bond donors (Lipinski definition) is 3. The molecule has 1 aliphatic carbocycles. The minimum Gasteiger partial charge on any atom is -0.379 e. The van der Waals surface area contributed by atoms with Gasteiger partial charge in [-0.2, -0.15) is 0 Å². The van der Waals surface area contributed by atoms with E-state index < -0.39 is 23.9 Å². The second-order valence-corrected chi connectivity index (χ2v) is 9.55. The Morgan fingerprint density at radius 1 is 1.09 bits per heavy atom. The molecule has 0 spiro atoms. The summed E-state index contributed by atoms with van der Waals surface area (Å²) >= 11 is 0. The molecule has 3 rings (SSSR count). The summed E-state index contributed by atoms with van der Waals surface area (Å²) in [4.78, 5) is 53.1. The summed E-state index contributed by atoms with van der Waals surface area (Å²) in [6.45, 7) is 4.87. The smallest absolute Gasteiger partial charge is 0.321 e. The normalized spacial score (nSPS) is 22.4. The van der Waals surface area contributed by atoms with E-state index in [0.29, 0.717) is 49.7 Å². The number of rotatable bonds is 11. The van der Waals surface area contributed by atoms with E-state index in [1.807, 2.05) is 0 Å². The van der Waals surface area contributed by atoms with Crippen molar-refractivity contribution < 1.29 is 29.1 Å². The first-order chi connectivity index (χ1) is 16.5. The predicted molar refractivity (Wildman–Crippen MR) is 123 cm³/mol. The summed E-state index contributed by atoms with van der Waals surface area (Å²) < 4.78 is 5.32. The Hall–Kier alpha value is -2.24. The van der Waals surface area contributed by atoms with Crippen molar-refractivity contribution in [1.29, 1.82) is 0 Å². The average Bonchev–Trinajstić information content (AvgIpc) is 3.54. The van der Waals surface area contributed by atoms with Crippen LogP contribution in [-0.4, -0.2) is 103 Å². The van der Waals surface area contributed by atoms with E-state index in [1.165, 1.54) is 4.90 Å². The number of carbonyl (C=O) groups excluding carboxylic acids is 4. The number of amides is 5. The van der Waals surface area contributed by atoms with Gasteiger partial charge in [0.15, 0.2) is 0 Å². The Labute approximate surface area is 201 Å². The first kappa shape index (κ1) is 26.4. The van der Waals surface area contributed by atoms with E-state index in [1.54, 1.807) is 0 Å². The fourth-order valence-electron chi connectivity index (χ4n) is 5.28. The molecule has 2 aliphatic heterocycles. The topological polar surface area (TPSA) is 132 Å². The van der Waals surface area contributed by atoms with Crippen molar-refractivity contribution in [2.24, 2.45) is 11.8 Å². The van der Waals surface area contributed by atoms with Crippen LogP contribution in [-0.2, 0) is 19.1 Å². The molecule has 34 heavy (non-hydrogen) atoms. The Kier molecular flexibility index (Phi) is 10.5. The maximum atomic E-state index is 13.3. The van der Waals surface area contributed by atoms with E-state index in [9.17, 15) is 24.4 Å². The van der Waals surface area contributed by atoms with Crippen molar-refractivity contribution in [3.8, 4) is 0 Å². The number of imide groups is 1. The second kappa shape index (κ2) is 13.6. The zero-order valence-electron chi connectivity index (χ0n) is 20.0. The number of hydrogen-bond acceptors (Lipinski definition) is 7. The highest BCUT2D eigenvalue weighted by molar-refractivity contribution is 5.99. The van der Waals surface area contributed by atoms with Gasteiger partial charge in [0, 0.05) is 26.2 Å². The molecular weight excluding hydrogens is 442 g/mol. The highest BCUT2D eigenvalue weighted by Crippen LogP contribution is 2.32. The first-order valence-electron chi connectivity index (χ1n) is 12.6. The van der Waals surface area contributed by atoms with Crippen LogP contribution < -0.4 is 10.6 Å². The molecule has 11 heteroatoms. The molecule has 0 aromatic carbocycles. The van der Waals surface area contributed by atoms with Crippen LogP contribution in [0.4, 0.5) is 4.79 Å². The van der Waals surface area contributed by atoms with E-state index >= 15 is 0 Å². The molecule has 2 atom stereocenters. The number of nitrogens with zero attached hydrogens (tertiary/aromatic N) is 3. The lowest BCUT2D eigenvalue weighted by atomic mass is 9.91. The third-order valence-electron chi connectivity index (χ3n) is 7.09. The van der Waals surface area contributed by atoms with E-state index in [-0.39, 0.29) is 12.5 Å². The Morgan fingerprint density at radius 3 is 2.53 bits per heavy atom. The van der Waals surface area contributed by atoms with Gasteiger partial charge in [0.1, 0.15) is 6.04 Å². The lowest BCUT2D eigenvalue weighted by Crippen LogP contribution is -2.52. The third kappa shape index (κ3) is 7.92. The van der Waals surface area contributed by atoms with Gasteiger partial charge in [0.05, 0.1) is 25.7 Å². The minimum absolute atomic E-state index is 0.0900. The van der Waals surface area contributed by atoms with Crippen molar-refractivity contribution in [1.82, 2.24) is 25.5 Å². The number of hydroxylamine groups is 2. The number of likely N-dealkylation sites (tertiary alicyclic amines) is 1. The molecule has 11 nitrogen and oxygen atoms in total. The summed E-state index contributed by atoms with van der Waals surface area (Å²) in [7, 11) is 0. The van der Waals surface area contributed by atoms with Gasteiger partial charge in [-0.15, -0.1) is 0 Å². The van der Waals surface area contributed by atoms with E-state index in [4.69, 9.17) is 4.74 Å². The van der Waals surface area contributed by atoms with Crippen LogP contribution in [0.5, 0.6) is 0 Å². The van der Waals surface area contributed by atoms with Crippen LogP contribution in [0.2, 0.25) is 0 Å². The Bertz CT molecular complexity index is 695. The molecule has 3 fully saturated rings. The molecule has 2 saturated heterocycles. The van der Waals surface area contributed by atoms with Gasteiger partial charge in [-0.3, -0.25) is 29.8 Å². The van der Waals surface area contributed by atoms with Crippen LogP contribution in [0, 0.1) is 11.8 Å². The fraction of sp³-hybridized carbons (Fsp3) is 0.826. The molecule has 3 N–H and O–H groups in total. The molecule has 5 amide bonds. The summed E-state index contributed by atoms with van der Waals surface area (Å²) in [5.41, 5.74) is 0. The van der Waals surface area contributed by atoms with Gasteiger partial charge in [-0.1, -0.05) is 25.7 Å². The molecule has 0 radical (unpaired) electrons. The van der Waals surface area contributed by atoms with E-state index in [0.717, 1.165) is 65.0 Å². The van der Waals surface area contributed by atoms with Gasteiger partial charge < -0.3 is 15.0 Å². The van der Waals surface area contributed by atoms with Gasteiger partial charge in [0.2, 0.25) is 12.3 Å². The monoisotopic (exact) mass is 481 g/mol. The largest absolute Gasteiger partial charge is 0.379 e. The lowest BCUT2D eigenvalue weighted by molar-refractivity contribution is -0.158.